The molecule has 1 aromatic heterocycles. The van der Waals surface area contributed by atoms with Gasteiger partial charge in [-0.05, 0) is 85.5 Å². The van der Waals surface area contributed by atoms with Crippen LogP contribution in [-0.4, -0.2) is 0 Å². The molecule has 0 N–H and O–H groups in total. The molecule has 1 unspecified atom stereocenters. The third-order valence-corrected chi connectivity index (χ3v) is 11.4. The second kappa shape index (κ2) is 9.38. The predicted octanol–water partition coefficient (Wildman–Crippen LogP) is 11.6. The lowest BCUT2D eigenvalue weighted by Gasteiger charge is -2.35. The molecule has 0 fully saturated rings. The normalized spacial score (nSPS) is 15.5. The Morgan fingerprint density at radius 1 is 0.457 bits per heavy atom. The summed E-state index contributed by atoms with van der Waals surface area (Å²) < 4.78 is 2.67. The standard InChI is InChI=1S/C44H25NS/c45-26-27-17-19-28(20-18-27)29-21-22-33-31-10-2-1-9-30(31)32-11-3-6-14-37(32)44(40(33)25-29)38-15-7-4-13-36(38)42-39(44)24-23-35-34-12-5-8-16-41(34)46-43(35)42/h1-25H. The Bertz CT molecular complexity index is 2600. The van der Waals surface area contributed by atoms with E-state index in [4.69, 9.17) is 0 Å². The van der Waals surface area contributed by atoms with E-state index in [0.717, 1.165) is 11.1 Å². The summed E-state index contributed by atoms with van der Waals surface area (Å²) in [4.78, 5) is 0. The highest BCUT2D eigenvalue weighted by Gasteiger charge is 2.50. The van der Waals surface area contributed by atoms with Crippen molar-refractivity contribution in [3.63, 3.8) is 0 Å². The van der Waals surface area contributed by atoms with E-state index in [9.17, 15) is 5.26 Å². The molecule has 1 heterocycles. The number of fused-ring (bicyclic) bond motifs is 16. The lowest BCUT2D eigenvalue weighted by Crippen LogP contribution is -2.29. The zero-order chi connectivity index (χ0) is 30.4. The highest BCUT2D eigenvalue weighted by molar-refractivity contribution is 7.26. The van der Waals surface area contributed by atoms with Gasteiger partial charge in [0.25, 0.3) is 0 Å². The second-order valence-corrected chi connectivity index (χ2v) is 13.4. The fourth-order valence-electron chi connectivity index (χ4n) is 8.27. The fourth-order valence-corrected chi connectivity index (χ4v) is 9.54. The van der Waals surface area contributed by atoms with Gasteiger partial charge in [-0.3, -0.25) is 0 Å². The van der Waals surface area contributed by atoms with Gasteiger partial charge in [-0.1, -0.05) is 127 Å². The summed E-state index contributed by atoms with van der Waals surface area (Å²) in [6.45, 7) is 0. The van der Waals surface area contributed by atoms with E-state index in [1.54, 1.807) is 0 Å². The lowest BCUT2D eigenvalue weighted by molar-refractivity contribution is 0.776. The van der Waals surface area contributed by atoms with Gasteiger partial charge in [0.1, 0.15) is 0 Å². The molecular formula is C44H25NS. The first-order valence-corrected chi connectivity index (χ1v) is 16.5. The van der Waals surface area contributed by atoms with E-state index in [1.807, 2.05) is 23.5 Å². The first kappa shape index (κ1) is 25.6. The Kier molecular flexibility index (Phi) is 5.21. The maximum Gasteiger partial charge on any atom is 0.0991 e. The predicted molar refractivity (Wildman–Crippen MR) is 191 cm³/mol. The average Bonchev–Trinajstić information content (AvgIpc) is 3.62. The molecule has 0 saturated carbocycles. The number of thiophene rings is 1. The summed E-state index contributed by atoms with van der Waals surface area (Å²) in [6.07, 6.45) is 0. The van der Waals surface area contributed by atoms with E-state index in [1.165, 1.54) is 75.8 Å². The molecule has 0 amide bonds. The van der Waals surface area contributed by atoms with Crippen molar-refractivity contribution < 1.29 is 0 Å². The Morgan fingerprint density at radius 3 is 1.83 bits per heavy atom. The van der Waals surface area contributed by atoms with Gasteiger partial charge in [-0.2, -0.15) is 5.26 Å². The van der Waals surface area contributed by atoms with Crippen molar-refractivity contribution >= 4 is 31.5 Å². The Balaban J connectivity index is 1.41. The van der Waals surface area contributed by atoms with Crippen LogP contribution in [0.5, 0.6) is 0 Å². The monoisotopic (exact) mass is 599 g/mol. The Hall–Kier alpha value is -5.75. The van der Waals surface area contributed by atoms with Crippen LogP contribution in [0.1, 0.15) is 27.8 Å². The van der Waals surface area contributed by atoms with Crippen LogP contribution in [0.3, 0.4) is 0 Å². The quantitative estimate of drug-likeness (QED) is 0.184. The van der Waals surface area contributed by atoms with Gasteiger partial charge in [-0.25, -0.2) is 0 Å². The van der Waals surface area contributed by atoms with Crippen LogP contribution in [0.2, 0.25) is 0 Å². The van der Waals surface area contributed by atoms with Gasteiger partial charge < -0.3 is 0 Å². The molecule has 10 rings (SSSR count). The van der Waals surface area contributed by atoms with Crippen LogP contribution in [0.15, 0.2) is 152 Å². The van der Waals surface area contributed by atoms with Crippen molar-refractivity contribution in [2.45, 2.75) is 5.41 Å². The minimum Gasteiger partial charge on any atom is -0.192 e. The number of nitriles is 1. The lowest BCUT2D eigenvalue weighted by atomic mass is 9.65. The zero-order valence-corrected chi connectivity index (χ0v) is 25.6. The molecule has 0 radical (unpaired) electrons. The summed E-state index contributed by atoms with van der Waals surface area (Å²) in [7, 11) is 0. The van der Waals surface area contributed by atoms with Gasteiger partial charge >= 0.3 is 0 Å². The Morgan fingerprint density at radius 2 is 1.07 bits per heavy atom. The third-order valence-electron chi connectivity index (χ3n) is 10.2. The number of nitrogens with zero attached hydrogens (tertiary/aromatic N) is 1. The van der Waals surface area contributed by atoms with Gasteiger partial charge in [0.15, 0.2) is 0 Å². The number of hydrogen-bond donors (Lipinski definition) is 0. The molecule has 1 spiro atoms. The molecule has 0 bridgehead atoms. The summed E-state index contributed by atoms with van der Waals surface area (Å²) in [5, 5.41) is 12.1. The first-order chi connectivity index (χ1) is 22.8. The van der Waals surface area contributed by atoms with Crippen LogP contribution in [-0.2, 0) is 5.41 Å². The summed E-state index contributed by atoms with van der Waals surface area (Å²) >= 11 is 1.91. The van der Waals surface area contributed by atoms with Crippen LogP contribution in [0.4, 0.5) is 0 Å². The second-order valence-electron chi connectivity index (χ2n) is 12.3. The van der Waals surface area contributed by atoms with Crippen molar-refractivity contribution in [3.8, 4) is 50.6 Å². The van der Waals surface area contributed by atoms with Gasteiger partial charge in [0.2, 0.25) is 0 Å². The molecule has 0 saturated heterocycles. The smallest absolute Gasteiger partial charge is 0.0991 e. The molecule has 0 aliphatic heterocycles. The average molecular weight is 600 g/mol. The molecule has 2 heteroatoms. The molecule has 8 aromatic rings. The number of rotatable bonds is 1. The maximum atomic E-state index is 9.47. The Labute approximate surface area is 271 Å². The molecule has 212 valence electrons. The summed E-state index contributed by atoms with van der Waals surface area (Å²) in [6, 6.07) is 57.9. The molecule has 1 nitrogen and oxygen atoms in total. The maximum absolute atomic E-state index is 9.47. The van der Waals surface area contributed by atoms with E-state index in [0.29, 0.717) is 5.56 Å². The zero-order valence-electron chi connectivity index (χ0n) is 24.8. The largest absolute Gasteiger partial charge is 0.192 e. The van der Waals surface area contributed by atoms with E-state index < -0.39 is 5.41 Å². The summed E-state index contributed by atoms with van der Waals surface area (Å²) in [5.74, 6) is 0. The van der Waals surface area contributed by atoms with E-state index in [2.05, 4.69) is 146 Å². The van der Waals surface area contributed by atoms with Crippen LogP contribution in [0.25, 0.3) is 64.7 Å². The van der Waals surface area contributed by atoms with Crippen molar-refractivity contribution in [3.05, 3.63) is 179 Å². The van der Waals surface area contributed by atoms with Crippen LogP contribution >= 0.6 is 11.3 Å². The van der Waals surface area contributed by atoms with E-state index >= 15 is 0 Å². The van der Waals surface area contributed by atoms with Gasteiger partial charge in [0, 0.05) is 25.7 Å². The molecule has 1 atom stereocenters. The molecule has 2 aliphatic carbocycles. The first-order valence-electron chi connectivity index (χ1n) is 15.7. The van der Waals surface area contributed by atoms with Gasteiger partial charge in [-0.15, -0.1) is 11.3 Å². The molecule has 7 aromatic carbocycles. The van der Waals surface area contributed by atoms with Crippen LogP contribution < -0.4 is 0 Å². The fraction of sp³-hybridized carbons (Fsp3) is 0.0227. The highest BCUT2D eigenvalue weighted by atomic mass is 32.1. The number of hydrogen-bond acceptors (Lipinski definition) is 2. The SMILES string of the molecule is N#Cc1ccc(-c2ccc3c(c2)C2(c4ccccc4-c4ccccc4-3)c3ccccc3-c3c2ccc2c3sc3ccccc32)cc1. The third kappa shape index (κ3) is 3.23. The topological polar surface area (TPSA) is 23.8 Å². The van der Waals surface area contributed by atoms with Crippen molar-refractivity contribution in [1.29, 1.82) is 5.26 Å². The summed E-state index contributed by atoms with van der Waals surface area (Å²) in [5.41, 5.74) is 15.4. The minimum absolute atomic E-state index is 0.538. The number of benzene rings is 7. The molecular weight excluding hydrogens is 575 g/mol. The van der Waals surface area contributed by atoms with E-state index in [-0.39, 0.29) is 0 Å². The van der Waals surface area contributed by atoms with Crippen molar-refractivity contribution in [2.24, 2.45) is 0 Å². The van der Waals surface area contributed by atoms with Gasteiger partial charge in [0.05, 0.1) is 17.0 Å². The molecule has 2 aliphatic rings. The van der Waals surface area contributed by atoms with Crippen molar-refractivity contribution in [2.75, 3.05) is 0 Å². The van der Waals surface area contributed by atoms with Crippen LogP contribution in [0, 0.1) is 11.3 Å². The minimum atomic E-state index is -0.538. The van der Waals surface area contributed by atoms with Crippen molar-refractivity contribution in [1.82, 2.24) is 0 Å². The molecule has 46 heavy (non-hydrogen) atoms. The highest BCUT2D eigenvalue weighted by Crippen LogP contribution is 2.63.